The molecular weight excluding hydrogens is 608 g/mol. The van der Waals surface area contributed by atoms with Crippen molar-refractivity contribution in [3.63, 3.8) is 0 Å². The van der Waals surface area contributed by atoms with Gasteiger partial charge in [-0.25, -0.2) is 4.79 Å². The number of aliphatic hydroxyl groups excluding tert-OH is 1. The second kappa shape index (κ2) is 14.4. The van der Waals surface area contributed by atoms with Crippen LogP contribution in [0.3, 0.4) is 0 Å². The van der Waals surface area contributed by atoms with Gasteiger partial charge in [-0.3, -0.25) is 4.79 Å². The molecule has 49 heavy (non-hydrogen) atoms. The van der Waals surface area contributed by atoms with E-state index in [-0.39, 0.29) is 17.3 Å². The van der Waals surface area contributed by atoms with Crippen LogP contribution in [-0.4, -0.2) is 36.4 Å². The Kier molecular flexibility index (Phi) is 11.0. The molecule has 0 aliphatic heterocycles. The van der Waals surface area contributed by atoms with Crippen LogP contribution in [0.25, 0.3) is 0 Å². The molecule has 11 unspecified atom stereocenters. The molecule has 0 bridgehead atoms. The maximum absolute atomic E-state index is 13.1. The van der Waals surface area contributed by atoms with Crippen LogP contribution in [0.15, 0.2) is 0 Å². The zero-order chi connectivity index (χ0) is 35.4. The van der Waals surface area contributed by atoms with Gasteiger partial charge in [0.05, 0.1) is 19.6 Å². The van der Waals surface area contributed by atoms with E-state index in [0.717, 1.165) is 60.2 Å². The molecule has 6 aliphatic rings. The fraction of sp³-hybridized carbons (Fsp3) is 0.955. The van der Waals surface area contributed by atoms with Crippen LogP contribution in [0, 0.1) is 80.8 Å². The van der Waals surface area contributed by atoms with E-state index in [1.165, 1.54) is 89.9 Å². The van der Waals surface area contributed by atoms with Gasteiger partial charge in [0, 0.05) is 10.8 Å². The highest BCUT2D eigenvalue weighted by molar-refractivity contribution is 5.81. The lowest BCUT2D eigenvalue weighted by molar-refractivity contribution is -0.176. The van der Waals surface area contributed by atoms with Crippen LogP contribution in [0.4, 0.5) is 0 Å². The van der Waals surface area contributed by atoms with Crippen molar-refractivity contribution < 1.29 is 24.2 Å². The van der Waals surface area contributed by atoms with Crippen LogP contribution in [0.1, 0.15) is 165 Å². The van der Waals surface area contributed by atoms with Gasteiger partial charge in [0.1, 0.15) is 0 Å². The van der Waals surface area contributed by atoms with Crippen LogP contribution >= 0.6 is 0 Å². The van der Waals surface area contributed by atoms with Crippen molar-refractivity contribution in [2.24, 2.45) is 80.8 Å². The third-order valence-corrected chi connectivity index (χ3v) is 17.2. The van der Waals surface area contributed by atoms with Crippen molar-refractivity contribution in [3.8, 4) is 0 Å². The summed E-state index contributed by atoms with van der Waals surface area (Å²) < 4.78 is 11.8. The Labute approximate surface area is 300 Å². The molecule has 6 saturated carbocycles. The minimum atomic E-state index is -1.47. The summed E-state index contributed by atoms with van der Waals surface area (Å²) in [5.41, 5.74) is 0.470. The second-order valence-corrected chi connectivity index (χ2v) is 20.6. The van der Waals surface area contributed by atoms with Gasteiger partial charge in [0.25, 0.3) is 0 Å². The highest BCUT2D eigenvalue weighted by atomic mass is 16.6. The summed E-state index contributed by atoms with van der Waals surface area (Å²) in [5, 5.41) is 10.9. The minimum absolute atomic E-state index is 0.0523. The Morgan fingerprint density at radius 3 is 1.53 bits per heavy atom. The number of aliphatic hydroxyl groups is 1. The average molecular weight is 683 g/mol. The Morgan fingerprint density at radius 2 is 1.08 bits per heavy atom. The first-order chi connectivity index (χ1) is 23.1. The number of carbonyl (C=O) groups is 2. The maximum Gasteiger partial charge on any atom is 0.335 e. The van der Waals surface area contributed by atoms with E-state index in [0.29, 0.717) is 35.9 Å². The van der Waals surface area contributed by atoms with E-state index in [1.54, 1.807) is 0 Å². The van der Waals surface area contributed by atoms with Crippen LogP contribution in [0.2, 0.25) is 0 Å². The number of hydrogen-bond donors (Lipinski definition) is 1. The maximum atomic E-state index is 13.1. The molecule has 0 aromatic carbocycles. The molecule has 0 amide bonds. The van der Waals surface area contributed by atoms with E-state index in [1.807, 2.05) is 0 Å². The van der Waals surface area contributed by atoms with Gasteiger partial charge in [0.2, 0.25) is 0 Å². The zero-order valence-electron chi connectivity index (χ0n) is 32.9. The molecule has 280 valence electrons. The zero-order valence-corrected chi connectivity index (χ0v) is 32.9. The summed E-state index contributed by atoms with van der Waals surface area (Å²) in [6, 6.07) is 0. The van der Waals surface area contributed by atoms with Crippen molar-refractivity contribution in [2.75, 3.05) is 13.2 Å². The molecule has 5 nitrogen and oxygen atoms in total. The van der Waals surface area contributed by atoms with E-state index in [9.17, 15) is 14.7 Å². The first-order valence-corrected chi connectivity index (χ1v) is 21.1. The third-order valence-electron chi connectivity index (χ3n) is 17.2. The summed E-state index contributed by atoms with van der Waals surface area (Å²) in [6.45, 7) is 20.1. The molecule has 0 aromatic heterocycles. The molecule has 13 atom stereocenters. The monoisotopic (exact) mass is 683 g/mol. The number of carbonyl (C=O) groups excluding carboxylic acids is 2. The van der Waals surface area contributed by atoms with Gasteiger partial charge in [0.15, 0.2) is 6.10 Å². The molecule has 0 radical (unpaired) electrons. The molecule has 0 saturated heterocycles. The van der Waals surface area contributed by atoms with Crippen molar-refractivity contribution in [1.29, 1.82) is 0 Å². The first-order valence-electron chi connectivity index (χ1n) is 21.1. The Balaban J connectivity index is 0.999. The first kappa shape index (κ1) is 37.7. The molecule has 0 heterocycles. The standard InChI is InChI=1S/C44H74O5/c1-28(2)30-11-15-34-32(23-30)13-17-37-41(5,19-9-21-43(34,37)7)26-48-39(46)25-36(45)40(47)49-27-42(6)20-10-22-44(8)35-16-12-31(29(3)4)24-33(35)14-18-38(42)44/h28-38,45H,9-27H2,1-8H3/t30?,31?,32?,33?,34?,35?,36?,37?,38?,41?,42-,43?,44+/m1/s1. The lowest BCUT2D eigenvalue weighted by Gasteiger charge is -2.61. The summed E-state index contributed by atoms with van der Waals surface area (Å²) in [5.74, 6) is 6.47. The van der Waals surface area contributed by atoms with Crippen molar-refractivity contribution in [2.45, 2.75) is 171 Å². The van der Waals surface area contributed by atoms with Gasteiger partial charge in [-0.15, -0.1) is 0 Å². The molecule has 6 aliphatic carbocycles. The topological polar surface area (TPSA) is 72.8 Å². The lowest BCUT2D eigenvalue weighted by atomic mass is 9.44. The summed E-state index contributed by atoms with van der Waals surface area (Å²) in [6.07, 6.45) is 18.5. The lowest BCUT2D eigenvalue weighted by Crippen LogP contribution is -2.55. The molecule has 6 rings (SSSR count). The van der Waals surface area contributed by atoms with Gasteiger partial charge < -0.3 is 14.6 Å². The highest BCUT2D eigenvalue weighted by Gasteiger charge is 2.59. The predicted molar refractivity (Wildman–Crippen MR) is 196 cm³/mol. The molecule has 6 fully saturated rings. The molecule has 0 aromatic rings. The van der Waals surface area contributed by atoms with Gasteiger partial charge in [-0.05, 0) is 160 Å². The third kappa shape index (κ3) is 7.16. The van der Waals surface area contributed by atoms with Gasteiger partial charge in [-0.2, -0.15) is 0 Å². The van der Waals surface area contributed by atoms with Crippen molar-refractivity contribution in [1.82, 2.24) is 0 Å². The van der Waals surface area contributed by atoms with Crippen LogP contribution < -0.4 is 0 Å². The van der Waals surface area contributed by atoms with E-state index in [4.69, 9.17) is 9.47 Å². The smallest absolute Gasteiger partial charge is 0.335 e. The van der Waals surface area contributed by atoms with Crippen LogP contribution in [0.5, 0.6) is 0 Å². The average Bonchev–Trinajstić information content (AvgIpc) is 3.05. The molecule has 1 N–H and O–H groups in total. The highest BCUT2D eigenvalue weighted by Crippen LogP contribution is 2.66. The van der Waals surface area contributed by atoms with E-state index >= 15 is 0 Å². The number of hydrogen-bond acceptors (Lipinski definition) is 5. The second-order valence-electron chi connectivity index (χ2n) is 20.6. The fourth-order valence-electron chi connectivity index (χ4n) is 14.5. The van der Waals surface area contributed by atoms with Gasteiger partial charge in [-0.1, -0.05) is 68.2 Å². The Morgan fingerprint density at radius 1 is 0.633 bits per heavy atom. The Bertz CT molecular complexity index is 1180. The van der Waals surface area contributed by atoms with Crippen LogP contribution in [-0.2, 0) is 19.1 Å². The largest absolute Gasteiger partial charge is 0.465 e. The summed E-state index contributed by atoms with van der Waals surface area (Å²) >= 11 is 0. The molecular formula is C44H74O5. The fourth-order valence-corrected chi connectivity index (χ4v) is 14.5. The normalized spacial score (nSPS) is 45.8. The van der Waals surface area contributed by atoms with E-state index < -0.39 is 18.0 Å². The van der Waals surface area contributed by atoms with Gasteiger partial charge >= 0.3 is 11.9 Å². The SMILES string of the molecule is CC(C)C1CCC2C(CCC3C(C)(COC(=O)CC(O)C(=O)OC[C@@]4(C)CCC[C@@]5(C)C6CCC(C(C)C)CC6CCC45)CCCC23C)C1. The predicted octanol–water partition coefficient (Wildman–Crippen LogP) is 10.4. The summed E-state index contributed by atoms with van der Waals surface area (Å²) in [4.78, 5) is 26.3. The summed E-state index contributed by atoms with van der Waals surface area (Å²) in [7, 11) is 0. The number of fused-ring (bicyclic) bond motifs is 6. The van der Waals surface area contributed by atoms with Crippen molar-refractivity contribution in [3.05, 3.63) is 0 Å². The van der Waals surface area contributed by atoms with Crippen molar-refractivity contribution >= 4 is 11.9 Å². The number of ether oxygens (including phenoxy) is 2. The Hall–Kier alpha value is -1.10. The molecule has 5 heteroatoms. The number of rotatable bonds is 9. The quantitative estimate of drug-likeness (QED) is 0.245. The molecule has 0 spiro atoms. The minimum Gasteiger partial charge on any atom is -0.465 e. The number of esters is 2. The van der Waals surface area contributed by atoms with E-state index in [2.05, 4.69) is 55.4 Å².